The molecule has 32 heavy (non-hydrogen) atoms. The largest absolute Gasteiger partial charge is 0.362 e. The summed E-state index contributed by atoms with van der Waals surface area (Å²) in [7, 11) is 0. The van der Waals surface area contributed by atoms with Gasteiger partial charge in [0.1, 0.15) is 0 Å². The lowest BCUT2D eigenvalue weighted by Crippen LogP contribution is -2.34. The Morgan fingerprint density at radius 2 is 1.94 bits per heavy atom. The van der Waals surface area contributed by atoms with E-state index in [0.717, 1.165) is 53.6 Å². The van der Waals surface area contributed by atoms with E-state index < -0.39 is 0 Å². The first-order valence-corrected chi connectivity index (χ1v) is 11.4. The van der Waals surface area contributed by atoms with Gasteiger partial charge < -0.3 is 5.32 Å². The third-order valence-electron chi connectivity index (χ3n) is 6.41. The van der Waals surface area contributed by atoms with Crippen LogP contribution in [-0.4, -0.2) is 38.2 Å². The Hall–Kier alpha value is -3.25. The third kappa shape index (κ3) is 4.50. The van der Waals surface area contributed by atoms with Gasteiger partial charge in [-0.25, -0.2) is 4.98 Å². The molecule has 0 spiro atoms. The quantitative estimate of drug-likeness (QED) is 0.456. The number of likely N-dealkylation sites (tertiary alicyclic amines) is 1. The molecule has 1 saturated heterocycles. The molecule has 1 aliphatic heterocycles. The summed E-state index contributed by atoms with van der Waals surface area (Å²) in [5.74, 6) is 1.28. The first kappa shape index (κ1) is 20.6. The second-order valence-corrected chi connectivity index (χ2v) is 8.83. The lowest BCUT2D eigenvalue weighted by Gasteiger charge is -2.32. The highest BCUT2D eigenvalue weighted by Gasteiger charge is 2.23. The standard InChI is InChI=1S/C26H30N6/c1-18-7-3-4-9-20(18)16-32-14-6-10-21(17-32)24-13-12-23-25(30-31-26(23)29-24)27-15-22-11-5-8-19(2)28-22/h3-5,7-9,11-13,21H,6,10,14-17H2,1-2H3,(H2,27,29,30,31). The van der Waals surface area contributed by atoms with Gasteiger partial charge in [0.2, 0.25) is 0 Å². The Morgan fingerprint density at radius 3 is 2.81 bits per heavy atom. The number of pyridine rings is 2. The van der Waals surface area contributed by atoms with E-state index in [-0.39, 0.29) is 0 Å². The minimum absolute atomic E-state index is 0.452. The zero-order valence-corrected chi connectivity index (χ0v) is 18.8. The van der Waals surface area contributed by atoms with Crippen LogP contribution in [0.1, 0.15) is 47.0 Å². The summed E-state index contributed by atoms with van der Waals surface area (Å²) >= 11 is 0. The zero-order valence-electron chi connectivity index (χ0n) is 18.8. The molecule has 1 aliphatic rings. The normalized spacial score (nSPS) is 17.0. The number of aryl methyl sites for hydroxylation is 2. The Kier molecular flexibility index (Phi) is 5.86. The SMILES string of the molecule is Cc1cccc(CNc2n[nH]c3nc(C4CCCN(Cc5ccccc5C)C4)ccc23)n1. The number of hydrogen-bond donors (Lipinski definition) is 2. The molecule has 1 atom stereocenters. The molecule has 3 aromatic heterocycles. The number of fused-ring (bicyclic) bond motifs is 1. The zero-order chi connectivity index (χ0) is 21.9. The Morgan fingerprint density at radius 1 is 1.03 bits per heavy atom. The number of benzene rings is 1. The third-order valence-corrected chi connectivity index (χ3v) is 6.41. The first-order valence-electron chi connectivity index (χ1n) is 11.4. The summed E-state index contributed by atoms with van der Waals surface area (Å²) in [6.45, 7) is 8.05. The van der Waals surface area contributed by atoms with Gasteiger partial charge in [0, 0.05) is 30.4 Å². The Bertz CT molecular complexity index is 1210. The van der Waals surface area contributed by atoms with Crippen molar-refractivity contribution in [3.8, 4) is 0 Å². The number of nitrogens with zero attached hydrogens (tertiary/aromatic N) is 4. The van der Waals surface area contributed by atoms with Crippen LogP contribution in [0.15, 0.2) is 54.6 Å². The molecule has 0 amide bonds. The highest BCUT2D eigenvalue weighted by atomic mass is 15.2. The highest BCUT2D eigenvalue weighted by molar-refractivity contribution is 5.87. The smallest absolute Gasteiger partial charge is 0.157 e. The van der Waals surface area contributed by atoms with Gasteiger partial charge in [0.25, 0.3) is 0 Å². The minimum atomic E-state index is 0.452. The van der Waals surface area contributed by atoms with Crippen molar-refractivity contribution in [3.05, 3.63) is 82.8 Å². The number of nitrogens with one attached hydrogen (secondary N) is 2. The van der Waals surface area contributed by atoms with E-state index in [1.807, 2.05) is 25.1 Å². The maximum absolute atomic E-state index is 4.95. The van der Waals surface area contributed by atoms with Crippen LogP contribution in [0.4, 0.5) is 5.82 Å². The Balaban J connectivity index is 1.28. The van der Waals surface area contributed by atoms with E-state index in [9.17, 15) is 0 Å². The van der Waals surface area contributed by atoms with E-state index in [1.54, 1.807) is 0 Å². The van der Waals surface area contributed by atoms with Crippen molar-refractivity contribution < 1.29 is 0 Å². The summed E-state index contributed by atoms with van der Waals surface area (Å²) in [5, 5.41) is 12.0. The lowest BCUT2D eigenvalue weighted by molar-refractivity contribution is 0.198. The fourth-order valence-corrected chi connectivity index (χ4v) is 4.62. The van der Waals surface area contributed by atoms with Crippen molar-refractivity contribution in [2.45, 2.75) is 45.7 Å². The Labute approximate surface area is 189 Å². The number of rotatable bonds is 6. The van der Waals surface area contributed by atoms with E-state index >= 15 is 0 Å². The van der Waals surface area contributed by atoms with Gasteiger partial charge in [-0.15, -0.1) is 0 Å². The number of anilines is 1. The fourth-order valence-electron chi connectivity index (χ4n) is 4.62. The summed E-state index contributed by atoms with van der Waals surface area (Å²) < 4.78 is 0. The van der Waals surface area contributed by atoms with Gasteiger partial charge >= 0.3 is 0 Å². The predicted molar refractivity (Wildman–Crippen MR) is 129 cm³/mol. The van der Waals surface area contributed by atoms with Gasteiger partial charge in [-0.05, 0) is 68.6 Å². The molecule has 4 heterocycles. The van der Waals surface area contributed by atoms with Crippen LogP contribution in [0.25, 0.3) is 11.0 Å². The topological polar surface area (TPSA) is 69.7 Å². The molecule has 0 saturated carbocycles. The first-order chi connectivity index (χ1) is 15.7. The van der Waals surface area contributed by atoms with Crippen molar-refractivity contribution >= 4 is 16.9 Å². The fraction of sp³-hybridized carbons (Fsp3) is 0.346. The molecule has 2 N–H and O–H groups in total. The molecule has 6 heteroatoms. The van der Waals surface area contributed by atoms with Crippen molar-refractivity contribution in [3.63, 3.8) is 0 Å². The van der Waals surface area contributed by atoms with Crippen LogP contribution in [0.3, 0.4) is 0 Å². The van der Waals surface area contributed by atoms with Gasteiger partial charge in [0.15, 0.2) is 11.5 Å². The van der Waals surface area contributed by atoms with Crippen molar-refractivity contribution in [2.24, 2.45) is 0 Å². The summed E-state index contributed by atoms with van der Waals surface area (Å²) in [4.78, 5) is 12.1. The van der Waals surface area contributed by atoms with Gasteiger partial charge in [-0.2, -0.15) is 5.10 Å². The number of aromatic nitrogens is 4. The van der Waals surface area contributed by atoms with E-state index in [4.69, 9.17) is 4.98 Å². The minimum Gasteiger partial charge on any atom is -0.362 e. The molecule has 164 valence electrons. The van der Waals surface area contributed by atoms with Crippen LogP contribution in [0.5, 0.6) is 0 Å². The summed E-state index contributed by atoms with van der Waals surface area (Å²) in [6, 6.07) is 19.1. The molecular weight excluding hydrogens is 396 g/mol. The number of aromatic amines is 1. The number of piperidine rings is 1. The molecule has 6 nitrogen and oxygen atoms in total. The molecule has 1 unspecified atom stereocenters. The van der Waals surface area contributed by atoms with E-state index in [0.29, 0.717) is 12.5 Å². The second kappa shape index (κ2) is 9.09. The van der Waals surface area contributed by atoms with Crippen LogP contribution in [0.2, 0.25) is 0 Å². The predicted octanol–water partition coefficient (Wildman–Crippen LogP) is 4.96. The summed E-state index contributed by atoms with van der Waals surface area (Å²) in [6.07, 6.45) is 2.39. The molecule has 1 aromatic carbocycles. The molecule has 0 aliphatic carbocycles. The van der Waals surface area contributed by atoms with Crippen LogP contribution in [-0.2, 0) is 13.1 Å². The molecule has 1 fully saturated rings. The maximum atomic E-state index is 4.95. The average molecular weight is 427 g/mol. The summed E-state index contributed by atoms with van der Waals surface area (Å²) in [5.41, 5.74) is 6.81. The second-order valence-electron chi connectivity index (χ2n) is 8.83. The van der Waals surface area contributed by atoms with Gasteiger partial charge in [-0.1, -0.05) is 30.3 Å². The number of H-pyrrole nitrogens is 1. The highest BCUT2D eigenvalue weighted by Crippen LogP contribution is 2.29. The van der Waals surface area contributed by atoms with Crippen LogP contribution in [0, 0.1) is 13.8 Å². The monoisotopic (exact) mass is 426 g/mol. The molecule has 0 radical (unpaired) electrons. The molecule has 5 rings (SSSR count). The molecule has 4 aromatic rings. The molecule has 0 bridgehead atoms. The lowest BCUT2D eigenvalue weighted by atomic mass is 9.93. The van der Waals surface area contributed by atoms with Crippen molar-refractivity contribution in [1.82, 2.24) is 25.1 Å². The van der Waals surface area contributed by atoms with Crippen LogP contribution >= 0.6 is 0 Å². The van der Waals surface area contributed by atoms with Crippen molar-refractivity contribution in [2.75, 3.05) is 18.4 Å². The maximum Gasteiger partial charge on any atom is 0.157 e. The van der Waals surface area contributed by atoms with Crippen molar-refractivity contribution in [1.29, 1.82) is 0 Å². The van der Waals surface area contributed by atoms with E-state index in [2.05, 4.69) is 68.7 Å². The average Bonchev–Trinajstić information content (AvgIpc) is 3.22. The number of hydrogen-bond acceptors (Lipinski definition) is 5. The van der Waals surface area contributed by atoms with Gasteiger partial charge in [0.05, 0.1) is 17.6 Å². The van der Waals surface area contributed by atoms with Gasteiger partial charge in [-0.3, -0.25) is 15.0 Å². The molecular formula is C26H30N6. The van der Waals surface area contributed by atoms with Crippen LogP contribution < -0.4 is 5.32 Å². The van der Waals surface area contributed by atoms with E-state index in [1.165, 1.54) is 24.0 Å².